The van der Waals surface area contributed by atoms with Gasteiger partial charge in [0.05, 0.1) is 22.1 Å². The quantitative estimate of drug-likeness (QED) is 0.108. The van der Waals surface area contributed by atoms with Crippen LogP contribution in [0.15, 0.2) is 95.9 Å². The van der Waals surface area contributed by atoms with Gasteiger partial charge in [-0.1, -0.05) is 104 Å². The number of carbonyl (C=O) groups excluding carboxylic acids is 1. The van der Waals surface area contributed by atoms with Crippen molar-refractivity contribution < 1.29 is 31.1 Å². The first-order valence-electron chi connectivity index (χ1n) is 35.3. The minimum Gasteiger partial charge on any atom is -0.390 e. The predicted octanol–water partition coefficient (Wildman–Crippen LogP) is 13.6. The van der Waals surface area contributed by atoms with Crippen molar-refractivity contribution in [1.29, 1.82) is 0 Å². The van der Waals surface area contributed by atoms with Crippen LogP contribution in [0.1, 0.15) is 175 Å². The van der Waals surface area contributed by atoms with Crippen LogP contribution >= 0.6 is 11.6 Å². The number of amides is 1. The van der Waals surface area contributed by atoms with Gasteiger partial charge in [-0.05, 0) is 150 Å². The summed E-state index contributed by atoms with van der Waals surface area (Å²) in [6.45, 7) is 30.4. The number of nitrogens with zero attached hydrogens (tertiary/aromatic N) is 6. The number of allylic oxidation sites excluding steroid dienone is 3. The van der Waals surface area contributed by atoms with Gasteiger partial charge in [0.15, 0.2) is 0 Å². The lowest BCUT2D eigenvalue weighted by atomic mass is 9.74. The molecule has 2 aromatic rings. The smallest absolute Gasteiger partial charge is 0.390 e. The SMILES string of the molecule is CCC1NCC2[C@@H](C(=O)N3CCCC3)C(C)N2[C@@H]([C@@H](C)CC)C(C)NC2(CCCC2)CNCCNC=CC(CCc2ccc(C(F)(F)F)c(Cl)c2)=NC=CN(C)C=C(Cc2ccc(C(F)(F)F)cc2)N(C)C=C2CCCN2[C@@H](C)CN[C@@H]([C@@H](C)CC)CN[C@H]1CC(C)C. The largest absolute Gasteiger partial charge is 0.417 e. The lowest BCUT2D eigenvalue weighted by Gasteiger charge is -2.60. The van der Waals surface area contributed by atoms with E-state index < -0.39 is 23.5 Å². The molecule has 13 nitrogen and oxygen atoms in total. The highest BCUT2D eigenvalue weighted by atomic mass is 35.5. The summed E-state index contributed by atoms with van der Waals surface area (Å²) >= 11 is 6.17. The summed E-state index contributed by atoms with van der Waals surface area (Å²) in [4.78, 5) is 31.0. The number of aliphatic imine (C=N–C) groups is 1. The summed E-state index contributed by atoms with van der Waals surface area (Å²) in [6.07, 6.45) is 16.0. The molecule has 11 atom stereocenters. The van der Waals surface area contributed by atoms with Crippen LogP contribution in [-0.4, -0.2) is 163 Å². The highest BCUT2D eigenvalue weighted by Gasteiger charge is 2.55. The Balaban J connectivity index is 1.21. The second-order valence-corrected chi connectivity index (χ2v) is 28.7. The van der Waals surface area contributed by atoms with Gasteiger partial charge in [0.25, 0.3) is 0 Å². The molecule has 1 spiro atoms. The van der Waals surface area contributed by atoms with Crippen LogP contribution in [0.5, 0.6) is 0 Å². The summed E-state index contributed by atoms with van der Waals surface area (Å²) in [5.74, 6) is 1.51. The fourth-order valence-corrected chi connectivity index (χ4v) is 15.5. The van der Waals surface area contributed by atoms with Gasteiger partial charge in [-0.3, -0.25) is 14.7 Å². The maximum absolute atomic E-state index is 14.8. The number of fused-ring (bicyclic) bond motifs is 2. The maximum Gasteiger partial charge on any atom is 0.417 e. The van der Waals surface area contributed by atoms with Gasteiger partial charge in [-0.25, -0.2) is 0 Å². The molecule has 5 aliphatic rings. The number of carbonyl (C=O) groups is 1. The fourth-order valence-electron chi connectivity index (χ4n) is 15.2. The first kappa shape index (κ1) is 75.7. The Kier molecular flexibility index (Phi) is 29.0. The number of nitrogens with one attached hydrogen (secondary N) is 6. The minimum absolute atomic E-state index is 0.0536. The number of likely N-dealkylation sites (tertiary alicyclic amines) is 1. The molecule has 93 heavy (non-hydrogen) atoms. The molecular weight excluding hydrogens is 1210 g/mol. The molecule has 0 radical (unpaired) electrons. The number of aryl methyl sites for hydroxylation is 1. The molecule has 0 aromatic heterocycles. The average molecular weight is 1330 g/mol. The van der Waals surface area contributed by atoms with Crippen molar-refractivity contribution in [2.75, 3.05) is 73.0 Å². The third-order valence-corrected chi connectivity index (χ3v) is 21.2. The first-order valence-corrected chi connectivity index (χ1v) is 35.7. The molecule has 3 saturated heterocycles. The molecule has 4 aliphatic heterocycles. The fraction of sp³-hybridized carbons (Fsp3) is 0.699. The Morgan fingerprint density at radius 1 is 0.774 bits per heavy atom. The van der Waals surface area contributed by atoms with Gasteiger partial charge < -0.3 is 51.5 Å². The van der Waals surface area contributed by atoms with E-state index in [1.165, 1.54) is 30.0 Å². The van der Waals surface area contributed by atoms with Crippen LogP contribution in [-0.2, 0) is 30.0 Å². The Morgan fingerprint density at radius 2 is 1.46 bits per heavy atom. The third-order valence-electron chi connectivity index (χ3n) is 20.9. The van der Waals surface area contributed by atoms with Gasteiger partial charge >= 0.3 is 12.4 Å². The van der Waals surface area contributed by atoms with Crippen LogP contribution in [0.3, 0.4) is 0 Å². The molecule has 1 saturated carbocycles. The number of likely N-dealkylation sites (N-methyl/N-ethyl adjacent to an activating group) is 1. The van der Waals surface area contributed by atoms with E-state index >= 15 is 0 Å². The molecule has 4 unspecified atom stereocenters. The van der Waals surface area contributed by atoms with Gasteiger partial charge in [0, 0.05) is 175 Å². The summed E-state index contributed by atoms with van der Waals surface area (Å²) in [5, 5.41) is 23.6. The first-order chi connectivity index (χ1) is 44.3. The van der Waals surface area contributed by atoms with Crippen LogP contribution in [0.4, 0.5) is 26.3 Å². The molecule has 1 amide bonds. The monoisotopic (exact) mass is 1320 g/mol. The van der Waals surface area contributed by atoms with Crippen molar-refractivity contribution in [3.8, 4) is 0 Å². The van der Waals surface area contributed by atoms with Crippen molar-refractivity contribution in [1.82, 2.24) is 56.4 Å². The Hall–Kier alpha value is -4.63. The summed E-state index contributed by atoms with van der Waals surface area (Å²) in [6, 6.07) is 10.5. The minimum atomic E-state index is -4.57. The number of halogens is 7. The number of alkyl halides is 6. The molecule has 6 N–H and O–H groups in total. The van der Waals surface area contributed by atoms with E-state index in [9.17, 15) is 31.1 Å². The van der Waals surface area contributed by atoms with Crippen molar-refractivity contribution in [3.63, 3.8) is 0 Å². The average Bonchev–Trinajstić information content (AvgIpc) is 0.968. The molecule has 20 heteroatoms. The Labute approximate surface area is 559 Å². The second kappa shape index (κ2) is 35.6. The normalized spacial score (nSPS) is 27.6. The molecule has 4 fully saturated rings. The number of rotatable bonds is 13. The summed E-state index contributed by atoms with van der Waals surface area (Å²) in [5.41, 5.74) is 2.42. The zero-order chi connectivity index (χ0) is 67.6. The Morgan fingerprint density at radius 3 is 2.11 bits per heavy atom. The summed E-state index contributed by atoms with van der Waals surface area (Å²) < 4.78 is 82.3. The maximum atomic E-state index is 14.8. The van der Waals surface area contributed by atoms with E-state index in [2.05, 4.69) is 127 Å². The molecule has 1 aliphatic carbocycles. The van der Waals surface area contributed by atoms with E-state index in [0.29, 0.717) is 67.3 Å². The number of hydrogen-bond donors (Lipinski definition) is 6. The van der Waals surface area contributed by atoms with E-state index in [1.54, 1.807) is 6.20 Å². The van der Waals surface area contributed by atoms with E-state index in [1.807, 2.05) is 43.7 Å². The van der Waals surface area contributed by atoms with Gasteiger partial charge in [0.2, 0.25) is 5.91 Å². The Bertz CT molecular complexity index is 2780. The van der Waals surface area contributed by atoms with Crippen molar-refractivity contribution in [2.45, 2.75) is 232 Å². The van der Waals surface area contributed by atoms with Crippen LogP contribution in [0.2, 0.25) is 5.02 Å². The van der Waals surface area contributed by atoms with Gasteiger partial charge in [-0.15, -0.1) is 0 Å². The lowest BCUT2D eigenvalue weighted by Crippen LogP contribution is -2.76. The molecule has 2 aromatic carbocycles. The summed E-state index contributed by atoms with van der Waals surface area (Å²) in [7, 11) is 3.88. The third kappa shape index (κ3) is 21.4. The van der Waals surface area contributed by atoms with Crippen LogP contribution in [0, 0.1) is 23.7 Å². The molecule has 0 bridgehead atoms. The predicted molar refractivity (Wildman–Crippen MR) is 370 cm³/mol. The molecular formula is C73H115ClF6N12O. The topological polar surface area (TPSA) is 118 Å². The number of benzene rings is 2. The lowest BCUT2D eigenvalue weighted by molar-refractivity contribution is -0.160. The van der Waals surface area contributed by atoms with Crippen LogP contribution in [0.25, 0.3) is 0 Å². The van der Waals surface area contributed by atoms with Gasteiger partial charge in [0.1, 0.15) is 0 Å². The van der Waals surface area contributed by atoms with Gasteiger partial charge in [-0.2, -0.15) is 26.3 Å². The van der Waals surface area contributed by atoms with E-state index in [-0.39, 0.29) is 64.8 Å². The second-order valence-electron chi connectivity index (χ2n) is 28.3. The zero-order valence-electron chi connectivity index (χ0n) is 58.1. The molecule has 4 heterocycles. The standard InChI is InChI=1S/C73H115ClF6N12O/c1-13-51(6)66-45-85-65(41-50(4)5)64(15-3)86-46-67-68(70(93)90-37-18-19-38-90)55(10)92(67)69(52(7)14-2)54(9)87-71(31-16-17-32-71)49-82-35-34-81-33-30-59(28-24-57-25-29-62(63(74)43-57)73(78,79)80)83-36-40-88(11)47-61(42-56-22-26-58(27-23-56)72(75,76)77)89(12)48-60-21-20-39-91(60)53(8)44-84-66/h22-23,25-27,29-30,33,36,40,43,47-48,50-55,64-69,81-82,84-87H,13-21,24,28,31-32,34-35,37-39,41-42,44-46,49H2,1-12H3/t51-,52-,53-,54?,55?,64?,65-,66+,67?,68-,69-/m0/s1. The zero-order valence-corrected chi connectivity index (χ0v) is 58.9. The highest BCUT2D eigenvalue weighted by molar-refractivity contribution is 6.31. The van der Waals surface area contributed by atoms with Crippen molar-refractivity contribution in [2.24, 2.45) is 28.7 Å². The molecule has 522 valence electrons. The van der Waals surface area contributed by atoms with Crippen molar-refractivity contribution in [3.05, 3.63) is 118 Å². The van der Waals surface area contributed by atoms with E-state index in [0.717, 1.165) is 152 Å². The highest BCUT2D eigenvalue weighted by Crippen LogP contribution is 2.42. The van der Waals surface area contributed by atoms with E-state index in [4.69, 9.17) is 16.6 Å². The van der Waals surface area contributed by atoms with Crippen LogP contribution < -0.4 is 31.9 Å². The number of hydrogen-bond acceptors (Lipinski definition) is 12. The van der Waals surface area contributed by atoms with Crippen molar-refractivity contribution >= 4 is 23.2 Å². The molecule has 7 rings (SSSR count).